The van der Waals surface area contributed by atoms with Crippen LogP contribution < -0.4 is 14.8 Å². The van der Waals surface area contributed by atoms with Crippen LogP contribution in [0.15, 0.2) is 36.4 Å². The van der Waals surface area contributed by atoms with Crippen LogP contribution >= 0.6 is 0 Å². The lowest BCUT2D eigenvalue weighted by molar-refractivity contribution is 0.00892. The Morgan fingerprint density at radius 1 is 0.897 bits per heavy atom. The topological polar surface area (TPSA) is 71.0 Å². The minimum Gasteiger partial charge on any atom is -0.487 e. The number of halogens is 2. The number of benzene rings is 2. The monoisotopic (exact) mass is 408 g/mol. The van der Waals surface area contributed by atoms with Gasteiger partial charge in [-0.1, -0.05) is 0 Å². The van der Waals surface area contributed by atoms with Gasteiger partial charge in [0.2, 0.25) is 0 Å². The Hall–Kier alpha value is -2.22. The molecule has 29 heavy (non-hydrogen) atoms. The smallest absolute Gasteiger partial charge is 0.126 e. The fraction of sp³-hybridized carbons (Fsp3) is 0.455. The highest BCUT2D eigenvalue weighted by Crippen LogP contribution is 2.30. The van der Waals surface area contributed by atoms with Crippen LogP contribution in [0.3, 0.4) is 0 Å². The number of hydrogen-bond donors (Lipinski definition) is 3. The summed E-state index contributed by atoms with van der Waals surface area (Å²) in [5.41, 5.74) is 0.928. The van der Waals surface area contributed by atoms with Crippen LogP contribution in [0.4, 0.5) is 8.78 Å². The maximum absolute atomic E-state index is 13.4. The van der Waals surface area contributed by atoms with Crippen LogP contribution in [0.2, 0.25) is 0 Å². The SMILES string of the molecule is [2H]C1CC(C(O)C[15NH]CC(O)C2CC([2H])c3cc(F)ccc3O2)Oc2ccc(F)cc21. The number of fused-ring (bicyclic) bond motifs is 2. The summed E-state index contributed by atoms with van der Waals surface area (Å²) in [6, 6.07) is 7.99. The Labute approximate surface area is 171 Å². The predicted molar refractivity (Wildman–Crippen MR) is 103 cm³/mol. The molecule has 0 fully saturated rings. The second-order valence-electron chi connectivity index (χ2n) is 7.35. The maximum Gasteiger partial charge on any atom is 0.126 e. The molecule has 2 aliphatic rings. The lowest BCUT2D eigenvalue weighted by Crippen LogP contribution is -2.46. The van der Waals surface area contributed by atoms with Gasteiger partial charge >= 0.3 is 0 Å². The molecule has 0 saturated heterocycles. The molecule has 0 radical (unpaired) electrons. The van der Waals surface area contributed by atoms with E-state index in [1.807, 2.05) is 0 Å². The lowest BCUT2D eigenvalue weighted by atomic mass is 9.98. The minimum absolute atomic E-state index is 0.115. The number of aliphatic hydroxyl groups excluding tert-OH is 2. The van der Waals surface area contributed by atoms with Crippen LogP contribution in [-0.2, 0) is 12.8 Å². The Morgan fingerprint density at radius 3 is 1.79 bits per heavy atom. The zero-order chi connectivity index (χ0) is 22.1. The average molecular weight is 408 g/mol. The first-order valence-electron chi connectivity index (χ1n) is 10.8. The molecule has 7 heteroatoms. The molecular weight excluding hydrogens is 381 g/mol. The van der Waals surface area contributed by atoms with Gasteiger partial charge in [-0.25, -0.2) is 8.78 Å². The average Bonchev–Trinajstić information content (AvgIpc) is 2.74. The lowest BCUT2D eigenvalue weighted by Gasteiger charge is -2.31. The zero-order valence-electron chi connectivity index (χ0n) is 17.7. The van der Waals surface area contributed by atoms with Crippen molar-refractivity contribution in [3.63, 3.8) is 0 Å². The van der Waals surface area contributed by atoms with E-state index in [1.54, 1.807) is 0 Å². The van der Waals surface area contributed by atoms with E-state index in [2.05, 4.69) is 5.32 Å². The highest BCUT2D eigenvalue weighted by Gasteiger charge is 2.29. The van der Waals surface area contributed by atoms with Gasteiger partial charge in [0.15, 0.2) is 0 Å². The Balaban J connectivity index is 1.28. The van der Waals surface area contributed by atoms with E-state index in [-0.39, 0.29) is 25.9 Å². The fourth-order valence-electron chi connectivity index (χ4n) is 3.59. The summed E-state index contributed by atoms with van der Waals surface area (Å²) in [5.74, 6) is -0.0726. The molecule has 0 aromatic heterocycles. The molecular formula is C22H25F2NO4. The number of hydrogen-bond acceptors (Lipinski definition) is 5. The van der Waals surface area contributed by atoms with Gasteiger partial charge in [0, 0.05) is 15.8 Å². The van der Waals surface area contributed by atoms with E-state index in [9.17, 15) is 19.0 Å². The van der Waals surface area contributed by atoms with Crippen LogP contribution in [0.25, 0.3) is 0 Å². The number of nitrogens with one attached hydrogen (secondary N) is 1. The van der Waals surface area contributed by atoms with Gasteiger partial charge in [-0.3, -0.25) is 0 Å². The first-order valence-corrected chi connectivity index (χ1v) is 9.65. The zero-order valence-corrected chi connectivity index (χ0v) is 15.7. The third kappa shape index (κ3) is 4.69. The first kappa shape index (κ1) is 17.6. The third-order valence-electron chi connectivity index (χ3n) is 5.21. The van der Waals surface area contributed by atoms with Crippen LogP contribution in [0.1, 0.15) is 26.7 Å². The molecule has 4 rings (SSSR count). The van der Waals surface area contributed by atoms with E-state index < -0.39 is 48.8 Å². The van der Waals surface area contributed by atoms with E-state index in [0.29, 0.717) is 22.6 Å². The van der Waals surface area contributed by atoms with Crippen molar-refractivity contribution >= 4 is 0 Å². The second kappa shape index (κ2) is 8.65. The van der Waals surface area contributed by atoms with Crippen molar-refractivity contribution in [2.75, 3.05) is 13.1 Å². The first-order chi connectivity index (χ1) is 14.8. The number of aryl methyl sites for hydroxylation is 2. The fourth-order valence-corrected chi connectivity index (χ4v) is 3.59. The summed E-state index contributed by atoms with van der Waals surface area (Å²) >= 11 is 0. The van der Waals surface area contributed by atoms with Crippen molar-refractivity contribution in [2.45, 2.75) is 50.1 Å². The van der Waals surface area contributed by atoms with Gasteiger partial charge in [-0.15, -0.1) is 0 Å². The van der Waals surface area contributed by atoms with Crippen molar-refractivity contribution in [3.8, 4) is 11.5 Å². The van der Waals surface area contributed by atoms with Crippen molar-refractivity contribution in [1.29, 1.82) is 0 Å². The van der Waals surface area contributed by atoms with Gasteiger partial charge in [0.25, 0.3) is 0 Å². The molecule has 2 aromatic rings. The summed E-state index contributed by atoms with van der Waals surface area (Å²) in [5, 5.41) is 23.9. The van der Waals surface area contributed by atoms with Gasteiger partial charge in [-0.2, -0.15) is 0 Å². The highest BCUT2D eigenvalue weighted by molar-refractivity contribution is 5.36. The Bertz CT molecular complexity index is 861. The van der Waals surface area contributed by atoms with Gasteiger partial charge in [0.05, 0.1) is 0 Å². The normalized spacial score (nSPS) is 28.7. The molecule has 0 saturated carbocycles. The molecule has 5 nitrogen and oxygen atoms in total. The summed E-state index contributed by atoms with van der Waals surface area (Å²) in [6.45, 7) is 0.230. The third-order valence-corrected chi connectivity index (χ3v) is 5.21. The molecule has 0 spiro atoms. The van der Waals surface area contributed by atoms with Crippen LogP contribution in [0, 0.1) is 11.6 Å². The maximum atomic E-state index is 13.4. The van der Waals surface area contributed by atoms with Crippen molar-refractivity contribution < 1.29 is 31.2 Å². The summed E-state index contributed by atoms with van der Waals surface area (Å²) < 4.78 is 54.6. The van der Waals surface area contributed by atoms with Crippen molar-refractivity contribution in [3.05, 3.63) is 59.2 Å². The number of ether oxygens (including phenoxy) is 2. The standard InChI is InChI=1S/C22H25F2NO4/c23-15-3-7-19-13(9-15)1-5-21(28-19)17(26)11-25-12-18(27)22-6-2-14-10-16(24)4-8-20(14)29-22/h3-4,7-10,17-18,21-22,25-27H,1-2,5-6,11-12H2/i1D,2D,25+1. The van der Waals surface area contributed by atoms with Gasteiger partial charge < -0.3 is 25.0 Å². The van der Waals surface area contributed by atoms with Gasteiger partial charge in [-0.05, 0) is 73.2 Å². The van der Waals surface area contributed by atoms with E-state index in [4.69, 9.17) is 12.2 Å². The molecule has 2 aromatic carbocycles. The number of rotatable bonds is 6. The molecule has 0 amide bonds. The molecule has 6 unspecified atom stereocenters. The van der Waals surface area contributed by atoms with E-state index >= 15 is 0 Å². The molecule has 2 heterocycles. The molecule has 3 N–H and O–H groups in total. The largest absolute Gasteiger partial charge is 0.487 e. The van der Waals surface area contributed by atoms with Gasteiger partial charge in [0.1, 0.15) is 47.5 Å². The predicted octanol–water partition coefficient (Wildman–Crippen LogP) is 2.36. The second-order valence-corrected chi connectivity index (χ2v) is 7.35. The Morgan fingerprint density at radius 2 is 1.34 bits per heavy atom. The van der Waals surface area contributed by atoms with Crippen LogP contribution in [-0.4, -0.2) is 47.7 Å². The van der Waals surface area contributed by atoms with E-state index in [0.717, 1.165) is 0 Å². The molecule has 0 bridgehead atoms. The van der Waals surface area contributed by atoms with E-state index in [1.165, 1.54) is 36.4 Å². The Kier molecular flexibility index (Phi) is 5.26. The molecule has 0 aliphatic carbocycles. The molecule has 6 atom stereocenters. The van der Waals surface area contributed by atoms with Crippen molar-refractivity contribution in [1.82, 2.24) is 5.32 Å². The molecule has 156 valence electrons. The summed E-state index contributed by atoms with van der Waals surface area (Å²) in [4.78, 5) is 0. The summed E-state index contributed by atoms with van der Waals surface area (Å²) in [7, 11) is 0. The quantitative estimate of drug-likeness (QED) is 0.641. The summed E-state index contributed by atoms with van der Waals surface area (Å²) in [6.07, 6.45) is -4.07. The van der Waals surface area contributed by atoms with Crippen LogP contribution in [0.5, 0.6) is 11.5 Å². The number of aliphatic hydroxyl groups is 2. The highest BCUT2D eigenvalue weighted by atomic mass is 19.1. The minimum atomic E-state index is -0.932. The van der Waals surface area contributed by atoms with Crippen molar-refractivity contribution in [2.24, 2.45) is 0 Å². The molecule has 2 aliphatic heterocycles.